The number of β-amino-alcohol motifs (C(OH)–C–C–N with tert-alkyl or cyclic N) is 1. The third-order valence-corrected chi connectivity index (χ3v) is 6.24. The molecule has 0 saturated carbocycles. The Morgan fingerprint density at radius 1 is 1.00 bits per heavy atom. The summed E-state index contributed by atoms with van der Waals surface area (Å²) in [5.74, 6) is 0. The molecule has 0 amide bonds. The predicted molar refractivity (Wildman–Crippen MR) is 117 cm³/mol. The standard InChI is InChI=1S/C24H31N3O/c1-16-8-9-20-21(14-16)25-19(4)24(20)23(28)15-26-10-12-27(13-11-26)22-7-5-6-17(2)18(22)3/h5-9,14,23,25,28H,10-13,15H2,1-4H3. The van der Waals surface area contributed by atoms with Crippen molar-refractivity contribution in [1.29, 1.82) is 0 Å². The van der Waals surface area contributed by atoms with Gasteiger partial charge in [0, 0.05) is 60.6 Å². The van der Waals surface area contributed by atoms with Gasteiger partial charge >= 0.3 is 0 Å². The Morgan fingerprint density at radius 2 is 1.75 bits per heavy atom. The van der Waals surface area contributed by atoms with Gasteiger partial charge < -0.3 is 15.0 Å². The van der Waals surface area contributed by atoms with Gasteiger partial charge in [0.05, 0.1) is 6.10 Å². The molecule has 0 bridgehead atoms. The summed E-state index contributed by atoms with van der Waals surface area (Å²) in [7, 11) is 0. The number of nitrogens with zero attached hydrogens (tertiary/aromatic N) is 2. The van der Waals surface area contributed by atoms with Gasteiger partial charge in [-0.3, -0.25) is 4.90 Å². The van der Waals surface area contributed by atoms with Gasteiger partial charge in [0.25, 0.3) is 0 Å². The van der Waals surface area contributed by atoms with Crippen LogP contribution in [0.1, 0.15) is 34.1 Å². The maximum absolute atomic E-state index is 11.0. The van der Waals surface area contributed by atoms with Crippen molar-refractivity contribution >= 4 is 16.6 Å². The molecule has 148 valence electrons. The minimum absolute atomic E-state index is 0.469. The molecule has 4 rings (SSSR count). The molecule has 2 aromatic carbocycles. The third kappa shape index (κ3) is 3.54. The summed E-state index contributed by atoms with van der Waals surface area (Å²) in [6.07, 6.45) is -0.469. The summed E-state index contributed by atoms with van der Waals surface area (Å²) < 4.78 is 0. The number of aliphatic hydroxyl groups is 1. The van der Waals surface area contributed by atoms with Gasteiger partial charge in [-0.25, -0.2) is 0 Å². The monoisotopic (exact) mass is 377 g/mol. The predicted octanol–water partition coefficient (Wildman–Crippen LogP) is 4.26. The van der Waals surface area contributed by atoms with Gasteiger partial charge in [-0.2, -0.15) is 0 Å². The lowest BCUT2D eigenvalue weighted by molar-refractivity contribution is 0.110. The molecule has 2 heterocycles. The van der Waals surface area contributed by atoms with Crippen molar-refractivity contribution in [1.82, 2.24) is 9.88 Å². The van der Waals surface area contributed by atoms with Crippen molar-refractivity contribution in [3.63, 3.8) is 0 Å². The number of hydrogen-bond acceptors (Lipinski definition) is 3. The average Bonchev–Trinajstić information content (AvgIpc) is 2.99. The first-order valence-corrected chi connectivity index (χ1v) is 10.2. The largest absolute Gasteiger partial charge is 0.387 e. The Hall–Kier alpha value is -2.30. The highest BCUT2D eigenvalue weighted by atomic mass is 16.3. The van der Waals surface area contributed by atoms with Crippen LogP contribution < -0.4 is 4.90 Å². The van der Waals surface area contributed by atoms with E-state index in [1.807, 2.05) is 0 Å². The number of aliphatic hydroxyl groups excluding tert-OH is 1. The number of piperazine rings is 1. The highest BCUT2D eigenvalue weighted by molar-refractivity contribution is 5.85. The molecule has 0 radical (unpaired) electrons. The molecule has 0 spiro atoms. The maximum Gasteiger partial charge on any atom is 0.0940 e. The summed E-state index contributed by atoms with van der Waals surface area (Å²) in [6, 6.07) is 13.0. The van der Waals surface area contributed by atoms with Crippen LogP contribution in [0.25, 0.3) is 10.9 Å². The molecular formula is C24H31N3O. The van der Waals surface area contributed by atoms with Crippen LogP contribution in [0.4, 0.5) is 5.69 Å². The summed E-state index contributed by atoms with van der Waals surface area (Å²) in [6.45, 7) is 13.2. The van der Waals surface area contributed by atoms with Gasteiger partial charge in [-0.05, 0) is 56.5 Å². The van der Waals surface area contributed by atoms with Crippen LogP contribution in [0.2, 0.25) is 0 Å². The SMILES string of the molecule is Cc1ccc2c(C(O)CN3CCN(c4cccc(C)c4C)CC3)c(C)[nH]c2c1. The van der Waals surface area contributed by atoms with Crippen LogP contribution in [0.5, 0.6) is 0 Å². The summed E-state index contributed by atoms with van der Waals surface area (Å²) in [5.41, 5.74) is 8.54. The Kier molecular flexibility index (Phi) is 5.17. The summed E-state index contributed by atoms with van der Waals surface area (Å²) in [5, 5.41) is 12.1. The van der Waals surface area contributed by atoms with E-state index < -0.39 is 6.10 Å². The van der Waals surface area contributed by atoms with Crippen LogP contribution in [0.15, 0.2) is 36.4 Å². The number of aryl methyl sites for hydroxylation is 3. The second kappa shape index (κ2) is 7.61. The quantitative estimate of drug-likeness (QED) is 0.714. The first-order valence-electron chi connectivity index (χ1n) is 10.2. The number of benzene rings is 2. The fraction of sp³-hybridized carbons (Fsp3) is 0.417. The second-order valence-electron chi connectivity index (χ2n) is 8.24. The molecule has 2 N–H and O–H groups in total. The van der Waals surface area contributed by atoms with Crippen LogP contribution in [0, 0.1) is 27.7 Å². The van der Waals surface area contributed by atoms with E-state index >= 15 is 0 Å². The molecule has 1 unspecified atom stereocenters. The zero-order valence-corrected chi connectivity index (χ0v) is 17.4. The van der Waals surface area contributed by atoms with E-state index in [1.54, 1.807) is 0 Å². The van der Waals surface area contributed by atoms with Crippen molar-refractivity contribution in [2.24, 2.45) is 0 Å². The Morgan fingerprint density at radius 3 is 2.50 bits per heavy atom. The number of H-pyrrole nitrogens is 1. The highest BCUT2D eigenvalue weighted by Crippen LogP contribution is 2.30. The van der Waals surface area contributed by atoms with Crippen LogP contribution >= 0.6 is 0 Å². The summed E-state index contributed by atoms with van der Waals surface area (Å²) >= 11 is 0. The molecule has 28 heavy (non-hydrogen) atoms. The number of hydrogen-bond donors (Lipinski definition) is 2. The topological polar surface area (TPSA) is 42.5 Å². The zero-order chi connectivity index (χ0) is 19.8. The van der Waals surface area contributed by atoms with E-state index in [0.717, 1.165) is 48.3 Å². The fourth-order valence-electron chi connectivity index (χ4n) is 4.48. The highest BCUT2D eigenvalue weighted by Gasteiger charge is 2.23. The molecule has 1 saturated heterocycles. The number of anilines is 1. The molecule has 1 aromatic heterocycles. The van der Waals surface area contributed by atoms with Crippen molar-refractivity contribution in [2.75, 3.05) is 37.6 Å². The van der Waals surface area contributed by atoms with E-state index in [1.165, 1.54) is 22.4 Å². The van der Waals surface area contributed by atoms with Crippen molar-refractivity contribution in [3.8, 4) is 0 Å². The molecule has 4 nitrogen and oxygen atoms in total. The van der Waals surface area contributed by atoms with Crippen molar-refractivity contribution < 1.29 is 5.11 Å². The number of aromatic amines is 1. The van der Waals surface area contributed by atoms with E-state index in [0.29, 0.717) is 6.54 Å². The van der Waals surface area contributed by atoms with Crippen LogP contribution in [-0.4, -0.2) is 47.7 Å². The van der Waals surface area contributed by atoms with Gasteiger partial charge in [-0.15, -0.1) is 0 Å². The van der Waals surface area contributed by atoms with Crippen LogP contribution in [0.3, 0.4) is 0 Å². The van der Waals surface area contributed by atoms with Gasteiger partial charge in [0.2, 0.25) is 0 Å². The summed E-state index contributed by atoms with van der Waals surface area (Å²) in [4.78, 5) is 8.30. The fourth-order valence-corrected chi connectivity index (χ4v) is 4.48. The molecule has 3 aromatic rings. The molecule has 1 fully saturated rings. The van der Waals surface area contributed by atoms with Gasteiger partial charge in [0.1, 0.15) is 0 Å². The Balaban J connectivity index is 1.44. The minimum atomic E-state index is -0.469. The number of rotatable bonds is 4. The maximum atomic E-state index is 11.0. The molecule has 1 aliphatic heterocycles. The molecule has 4 heteroatoms. The van der Waals surface area contributed by atoms with E-state index in [4.69, 9.17) is 0 Å². The Labute approximate surface area is 167 Å². The lowest BCUT2D eigenvalue weighted by atomic mass is 10.0. The first-order chi connectivity index (χ1) is 13.4. The molecule has 1 atom stereocenters. The first kappa shape index (κ1) is 19.0. The number of aromatic nitrogens is 1. The lowest BCUT2D eigenvalue weighted by Crippen LogP contribution is -2.47. The second-order valence-corrected chi connectivity index (χ2v) is 8.24. The number of nitrogens with one attached hydrogen (secondary N) is 1. The zero-order valence-electron chi connectivity index (χ0n) is 17.4. The van der Waals surface area contributed by atoms with Crippen LogP contribution in [-0.2, 0) is 0 Å². The smallest absolute Gasteiger partial charge is 0.0940 e. The van der Waals surface area contributed by atoms with Gasteiger partial charge in [-0.1, -0.05) is 24.3 Å². The van der Waals surface area contributed by atoms with Crippen molar-refractivity contribution in [2.45, 2.75) is 33.8 Å². The molecule has 0 aliphatic carbocycles. The minimum Gasteiger partial charge on any atom is -0.387 e. The van der Waals surface area contributed by atoms with Gasteiger partial charge in [0.15, 0.2) is 0 Å². The third-order valence-electron chi connectivity index (χ3n) is 6.24. The Bertz CT molecular complexity index is 983. The molecule has 1 aliphatic rings. The molecular weight excluding hydrogens is 346 g/mol. The van der Waals surface area contributed by atoms with E-state index in [9.17, 15) is 5.11 Å². The van der Waals surface area contributed by atoms with Crippen molar-refractivity contribution in [3.05, 3.63) is 64.3 Å². The van der Waals surface area contributed by atoms with E-state index in [2.05, 4.69) is 78.9 Å². The normalized spacial score (nSPS) is 16.7. The lowest BCUT2D eigenvalue weighted by Gasteiger charge is -2.37. The number of fused-ring (bicyclic) bond motifs is 1. The van der Waals surface area contributed by atoms with E-state index in [-0.39, 0.29) is 0 Å². The average molecular weight is 378 g/mol.